The summed E-state index contributed by atoms with van der Waals surface area (Å²) in [6, 6.07) is 7.41. The molecule has 2 N–H and O–H groups in total. The van der Waals surface area contributed by atoms with Crippen molar-refractivity contribution < 1.29 is 9.84 Å². The first-order valence-electron chi connectivity index (χ1n) is 15.1. The fourth-order valence-electron chi connectivity index (χ4n) is 6.68. The van der Waals surface area contributed by atoms with Gasteiger partial charge in [0.2, 0.25) is 0 Å². The summed E-state index contributed by atoms with van der Waals surface area (Å²) in [6.45, 7) is 7.94. The summed E-state index contributed by atoms with van der Waals surface area (Å²) in [5, 5.41) is 23.0. The topological polar surface area (TPSA) is 137 Å². The predicted molar refractivity (Wildman–Crippen MR) is 169 cm³/mol. The van der Waals surface area contributed by atoms with Crippen LogP contribution in [0.2, 0.25) is 0 Å². The molecule has 0 saturated heterocycles. The number of anilines is 2. The molecule has 0 bridgehead atoms. The van der Waals surface area contributed by atoms with Crippen LogP contribution in [-0.4, -0.2) is 70.3 Å². The lowest BCUT2D eigenvalue weighted by Crippen LogP contribution is -2.35. The summed E-state index contributed by atoms with van der Waals surface area (Å²) in [5.74, 6) is 0.824. The molecule has 0 spiro atoms. The number of aromatic nitrogens is 7. The highest BCUT2D eigenvalue weighted by Crippen LogP contribution is 2.37. The Morgan fingerprint density at radius 2 is 1.96 bits per heavy atom. The third-order valence-electron chi connectivity index (χ3n) is 8.88. The van der Waals surface area contributed by atoms with E-state index in [2.05, 4.69) is 39.2 Å². The van der Waals surface area contributed by atoms with Crippen molar-refractivity contribution in [3.63, 3.8) is 0 Å². The SMILES string of the molecule is COCCN1CCn2nc(Nc3cc(-c4ccnc(-n5ncn6c7c(cc6c5=O)CC(C)(C)C7)c4CO)cn(C)c3=O)cc2C1. The molecule has 0 fully saturated rings. The standard InChI is InChI=1S/C32H37N9O4/c1-32(2)14-20-12-26-31(44)41(34-19-39(26)27(20)15-32)29-24(18-42)23(5-6-33-29)21-11-25(30(43)37(3)16-21)35-28-13-22-17-38(9-10-45-4)7-8-40(22)36-28/h5-6,11-13,16,19,42H,7-10,14-15,17-18H2,1-4H3,(H,35,36). The monoisotopic (exact) mass is 611 g/mol. The molecule has 0 saturated carbocycles. The minimum atomic E-state index is -0.386. The Labute approximate surface area is 259 Å². The fourth-order valence-corrected chi connectivity index (χ4v) is 6.68. The van der Waals surface area contributed by atoms with Crippen LogP contribution in [0.1, 0.15) is 36.4 Å². The van der Waals surface area contributed by atoms with Crippen molar-refractivity contribution in [1.29, 1.82) is 0 Å². The van der Waals surface area contributed by atoms with Gasteiger partial charge in [-0.3, -0.25) is 23.6 Å². The number of methoxy groups -OCH3 is 1. The summed E-state index contributed by atoms with van der Waals surface area (Å²) < 4.78 is 11.8. The largest absolute Gasteiger partial charge is 0.392 e. The van der Waals surface area contributed by atoms with Crippen LogP contribution < -0.4 is 16.4 Å². The second-order valence-corrected chi connectivity index (χ2v) is 12.8. The lowest BCUT2D eigenvalue weighted by Gasteiger charge is -2.26. The number of nitrogens with one attached hydrogen (secondary N) is 1. The average molecular weight is 612 g/mol. The van der Waals surface area contributed by atoms with E-state index in [1.54, 1.807) is 45.0 Å². The highest BCUT2D eigenvalue weighted by atomic mass is 16.5. The van der Waals surface area contributed by atoms with Gasteiger partial charge in [0.1, 0.15) is 17.5 Å². The molecule has 1 aliphatic carbocycles. The van der Waals surface area contributed by atoms with Gasteiger partial charge < -0.3 is 19.7 Å². The third-order valence-corrected chi connectivity index (χ3v) is 8.88. The molecule has 0 unspecified atom stereocenters. The second-order valence-electron chi connectivity index (χ2n) is 12.8. The van der Waals surface area contributed by atoms with Crippen LogP contribution in [0, 0.1) is 5.41 Å². The molecule has 1 aliphatic heterocycles. The van der Waals surface area contributed by atoms with E-state index in [4.69, 9.17) is 4.74 Å². The smallest absolute Gasteiger partial charge is 0.297 e. The molecular formula is C32H37N9O4. The zero-order chi connectivity index (χ0) is 31.5. The van der Waals surface area contributed by atoms with Crippen LogP contribution in [0.15, 0.2) is 52.6 Å². The Balaban J connectivity index is 1.23. The molecule has 5 aromatic heterocycles. The summed E-state index contributed by atoms with van der Waals surface area (Å²) in [7, 11) is 3.38. The van der Waals surface area contributed by atoms with E-state index in [0.717, 1.165) is 56.0 Å². The molecule has 0 amide bonds. The number of fused-ring (bicyclic) bond motifs is 4. The zero-order valence-corrected chi connectivity index (χ0v) is 25.9. The van der Waals surface area contributed by atoms with Gasteiger partial charge >= 0.3 is 0 Å². The van der Waals surface area contributed by atoms with E-state index in [1.807, 2.05) is 21.2 Å². The van der Waals surface area contributed by atoms with Crippen molar-refractivity contribution in [2.75, 3.05) is 32.1 Å². The molecule has 7 rings (SSSR count). The van der Waals surface area contributed by atoms with E-state index in [-0.39, 0.29) is 29.0 Å². The fraction of sp³-hybridized carbons (Fsp3) is 0.406. The lowest BCUT2D eigenvalue weighted by atomic mass is 9.90. The van der Waals surface area contributed by atoms with Gasteiger partial charge in [0, 0.05) is 69.1 Å². The Kier molecular flexibility index (Phi) is 7.18. The summed E-state index contributed by atoms with van der Waals surface area (Å²) in [5.41, 5.74) is 5.53. The number of ether oxygens (including phenoxy) is 1. The molecule has 5 aromatic rings. The number of aliphatic hydroxyl groups is 1. The highest BCUT2D eigenvalue weighted by molar-refractivity contribution is 5.73. The van der Waals surface area contributed by atoms with E-state index >= 15 is 0 Å². The first-order chi connectivity index (χ1) is 21.7. The maximum atomic E-state index is 13.7. The molecule has 234 valence electrons. The van der Waals surface area contributed by atoms with Crippen molar-refractivity contribution in [3.8, 4) is 16.9 Å². The number of aryl methyl sites for hydroxylation is 1. The van der Waals surface area contributed by atoms with E-state index in [0.29, 0.717) is 40.3 Å². The van der Waals surface area contributed by atoms with Gasteiger partial charge in [-0.05, 0) is 47.6 Å². The number of aliphatic hydroxyl groups excluding tert-OH is 1. The van der Waals surface area contributed by atoms with Gasteiger partial charge in [0.15, 0.2) is 11.6 Å². The van der Waals surface area contributed by atoms with Crippen molar-refractivity contribution in [1.82, 2.24) is 38.4 Å². The Hall–Kier alpha value is -4.59. The van der Waals surface area contributed by atoms with Gasteiger partial charge in [-0.2, -0.15) is 14.9 Å². The number of nitrogens with zero attached hydrogens (tertiary/aromatic N) is 8. The maximum absolute atomic E-state index is 13.7. The van der Waals surface area contributed by atoms with E-state index < -0.39 is 0 Å². The second kappa shape index (κ2) is 11.1. The number of hydrogen-bond donors (Lipinski definition) is 2. The van der Waals surface area contributed by atoms with Crippen molar-refractivity contribution >= 4 is 17.0 Å². The number of pyridine rings is 2. The van der Waals surface area contributed by atoms with Crippen LogP contribution in [-0.2, 0) is 44.3 Å². The van der Waals surface area contributed by atoms with Gasteiger partial charge in [0.05, 0.1) is 25.5 Å². The van der Waals surface area contributed by atoms with Crippen LogP contribution in [0.25, 0.3) is 22.5 Å². The Morgan fingerprint density at radius 1 is 1.11 bits per heavy atom. The van der Waals surface area contributed by atoms with Crippen LogP contribution in [0.5, 0.6) is 0 Å². The quantitative estimate of drug-likeness (QED) is 0.271. The van der Waals surface area contributed by atoms with Crippen LogP contribution in [0.4, 0.5) is 11.5 Å². The zero-order valence-electron chi connectivity index (χ0n) is 25.9. The van der Waals surface area contributed by atoms with Crippen LogP contribution in [0.3, 0.4) is 0 Å². The van der Waals surface area contributed by atoms with Crippen molar-refractivity contribution in [2.24, 2.45) is 12.5 Å². The molecule has 0 atom stereocenters. The average Bonchev–Trinajstić information content (AvgIpc) is 3.67. The molecule has 2 aliphatic rings. The van der Waals surface area contributed by atoms with Gasteiger partial charge in [-0.1, -0.05) is 13.8 Å². The van der Waals surface area contributed by atoms with E-state index in [1.165, 1.54) is 9.25 Å². The first-order valence-corrected chi connectivity index (χ1v) is 15.1. The number of hydrogen-bond acceptors (Lipinski definition) is 9. The highest BCUT2D eigenvalue weighted by Gasteiger charge is 2.32. The van der Waals surface area contributed by atoms with Crippen molar-refractivity contribution in [3.05, 3.63) is 86.2 Å². The van der Waals surface area contributed by atoms with Crippen LogP contribution >= 0.6 is 0 Å². The molecule has 13 nitrogen and oxygen atoms in total. The minimum Gasteiger partial charge on any atom is -0.392 e. The van der Waals surface area contributed by atoms with Gasteiger partial charge in [0.25, 0.3) is 11.1 Å². The Bertz CT molecular complexity index is 2050. The maximum Gasteiger partial charge on any atom is 0.297 e. The van der Waals surface area contributed by atoms with Gasteiger partial charge in [-0.25, -0.2) is 4.98 Å². The third kappa shape index (κ3) is 5.16. The molecule has 0 radical (unpaired) electrons. The molecular weight excluding hydrogens is 574 g/mol. The summed E-state index contributed by atoms with van der Waals surface area (Å²) in [4.78, 5) is 33.7. The van der Waals surface area contributed by atoms with Gasteiger partial charge in [-0.15, -0.1) is 0 Å². The van der Waals surface area contributed by atoms with Crippen molar-refractivity contribution in [2.45, 2.75) is 46.4 Å². The normalized spacial score (nSPS) is 15.8. The minimum absolute atomic E-state index is 0.145. The molecule has 6 heterocycles. The Morgan fingerprint density at radius 3 is 2.76 bits per heavy atom. The molecule has 45 heavy (non-hydrogen) atoms. The predicted octanol–water partition coefficient (Wildman–Crippen LogP) is 2.27. The molecule has 0 aromatic carbocycles. The lowest BCUT2D eigenvalue weighted by molar-refractivity contribution is 0.129. The summed E-state index contributed by atoms with van der Waals surface area (Å²) >= 11 is 0. The summed E-state index contributed by atoms with van der Waals surface area (Å²) in [6.07, 6.45) is 6.71. The van der Waals surface area contributed by atoms with E-state index in [9.17, 15) is 14.7 Å². The number of rotatable bonds is 8. The first kappa shape index (κ1) is 29.1. The molecule has 13 heteroatoms.